The maximum absolute atomic E-state index is 9.83. The zero-order valence-electron chi connectivity index (χ0n) is 12.1. The lowest BCUT2D eigenvalue weighted by atomic mass is 9.75. The molecule has 1 aromatic rings. The molecule has 2 N–H and O–H groups in total. The van der Waals surface area contributed by atoms with Gasteiger partial charge in [0.25, 0.3) is 0 Å². The number of likely N-dealkylation sites (N-methyl/N-ethyl adjacent to an activating group) is 1. The van der Waals surface area contributed by atoms with Gasteiger partial charge in [-0.3, -0.25) is 0 Å². The molecule has 0 amide bonds. The molecule has 4 heteroatoms. The molecule has 4 nitrogen and oxygen atoms in total. The average molecular weight is 264 g/mol. The van der Waals surface area contributed by atoms with Gasteiger partial charge in [-0.15, -0.1) is 0 Å². The number of nitrogens with zero attached hydrogens (tertiary/aromatic N) is 1. The molecule has 1 fully saturated rings. The van der Waals surface area contributed by atoms with Gasteiger partial charge in [-0.05, 0) is 51.6 Å². The molecule has 0 radical (unpaired) electrons. The summed E-state index contributed by atoms with van der Waals surface area (Å²) in [4.78, 5) is 2.31. The van der Waals surface area contributed by atoms with Gasteiger partial charge in [0.15, 0.2) is 0 Å². The Morgan fingerprint density at radius 1 is 1.37 bits per heavy atom. The number of methoxy groups -OCH3 is 1. The summed E-state index contributed by atoms with van der Waals surface area (Å²) in [5, 5.41) is 13.3. The van der Waals surface area contributed by atoms with Crippen molar-refractivity contribution in [2.75, 3.05) is 27.7 Å². The van der Waals surface area contributed by atoms with Crippen molar-refractivity contribution in [1.82, 2.24) is 10.2 Å². The molecule has 0 unspecified atom stereocenters. The summed E-state index contributed by atoms with van der Waals surface area (Å²) < 4.78 is 5.18. The zero-order valence-corrected chi connectivity index (χ0v) is 12.1. The van der Waals surface area contributed by atoms with Crippen molar-refractivity contribution in [3.05, 3.63) is 23.8 Å². The Kier molecular flexibility index (Phi) is 4.32. The molecule has 0 heterocycles. The van der Waals surface area contributed by atoms with Crippen molar-refractivity contribution < 1.29 is 9.84 Å². The standard InChI is InChI=1S/C15H24N2O2/c1-17(2)15(7-4-8-15)11-16-10-12-9-13(19-3)5-6-14(12)18/h5-6,9,16,18H,4,7-8,10-11H2,1-3H3. The van der Waals surface area contributed by atoms with Crippen molar-refractivity contribution in [1.29, 1.82) is 0 Å². The van der Waals surface area contributed by atoms with Crippen LogP contribution in [0.25, 0.3) is 0 Å². The predicted molar refractivity (Wildman–Crippen MR) is 76.6 cm³/mol. The molecule has 1 aliphatic rings. The van der Waals surface area contributed by atoms with Gasteiger partial charge in [-0.1, -0.05) is 0 Å². The molecule has 0 aliphatic heterocycles. The van der Waals surface area contributed by atoms with E-state index < -0.39 is 0 Å². The van der Waals surface area contributed by atoms with E-state index in [-0.39, 0.29) is 0 Å². The van der Waals surface area contributed by atoms with Gasteiger partial charge in [-0.25, -0.2) is 0 Å². The van der Waals surface area contributed by atoms with Crippen LogP contribution in [0.15, 0.2) is 18.2 Å². The quantitative estimate of drug-likeness (QED) is 0.824. The monoisotopic (exact) mass is 264 g/mol. The first-order valence-corrected chi connectivity index (χ1v) is 6.81. The highest BCUT2D eigenvalue weighted by Crippen LogP contribution is 2.35. The van der Waals surface area contributed by atoms with E-state index in [9.17, 15) is 5.11 Å². The van der Waals surface area contributed by atoms with Gasteiger partial charge in [-0.2, -0.15) is 0 Å². The van der Waals surface area contributed by atoms with Crippen LogP contribution in [0.3, 0.4) is 0 Å². The molecule has 1 aliphatic carbocycles. The Labute approximate surface area is 115 Å². The Morgan fingerprint density at radius 2 is 2.11 bits per heavy atom. The van der Waals surface area contributed by atoms with Gasteiger partial charge >= 0.3 is 0 Å². The van der Waals surface area contributed by atoms with E-state index in [1.165, 1.54) is 19.3 Å². The van der Waals surface area contributed by atoms with E-state index >= 15 is 0 Å². The molecule has 106 valence electrons. The Bertz CT molecular complexity index is 428. The first-order chi connectivity index (χ1) is 9.07. The molecule has 1 saturated carbocycles. The van der Waals surface area contributed by atoms with E-state index in [4.69, 9.17) is 4.74 Å². The van der Waals surface area contributed by atoms with E-state index in [0.29, 0.717) is 17.8 Å². The van der Waals surface area contributed by atoms with Crippen molar-refractivity contribution >= 4 is 0 Å². The second-order valence-electron chi connectivity index (χ2n) is 5.57. The lowest BCUT2D eigenvalue weighted by Gasteiger charge is -2.47. The first-order valence-electron chi connectivity index (χ1n) is 6.81. The highest BCUT2D eigenvalue weighted by Gasteiger charge is 2.38. The number of benzene rings is 1. The summed E-state index contributed by atoms with van der Waals surface area (Å²) in [5.74, 6) is 1.10. The number of nitrogens with one attached hydrogen (secondary N) is 1. The number of rotatable bonds is 6. The van der Waals surface area contributed by atoms with Crippen LogP contribution in [-0.4, -0.2) is 43.3 Å². The third-order valence-corrected chi connectivity index (χ3v) is 4.29. The topological polar surface area (TPSA) is 44.7 Å². The number of phenols is 1. The molecule has 0 bridgehead atoms. The minimum absolute atomic E-state index is 0.300. The maximum atomic E-state index is 9.83. The van der Waals surface area contributed by atoms with Crippen LogP contribution >= 0.6 is 0 Å². The van der Waals surface area contributed by atoms with Crippen molar-refractivity contribution in [2.24, 2.45) is 0 Å². The fraction of sp³-hybridized carbons (Fsp3) is 0.600. The van der Waals surface area contributed by atoms with Gasteiger partial charge < -0.3 is 20.1 Å². The van der Waals surface area contributed by atoms with Crippen molar-refractivity contribution in [2.45, 2.75) is 31.3 Å². The Hall–Kier alpha value is -1.26. The molecule has 0 saturated heterocycles. The average Bonchev–Trinajstić information content (AvgIpc) is 2.34. The summed E-state index contributed by atoms with van der Waals surface area (Å²) in [6.45, 7) is 1.62. The molecular weight excluding hydrogens is 240 g/mol. The molecule has 2 rings (SSSR count). The summed E-state index contributed by atoms with van der Waals surface area (Å²) in [7, 11) is 5.92. The number of hydrogen-bond donors (Lipinski definition) is 2. The van der Waals surface area contributed by atoms with E-state index in [1.807, 2.05) is 6.07 Å². The normalized spacial score (nSPS) is 17.3. The summed E-state index contributed by atoms with van der Waals surface area (Å²) >= 11 is 0. The highest BCUT2D eigenvalue weighted by atomic mass is 16.5. The second kappa shape index (κ2) is 5.80. The fourth-order valence-electron chi connectivity index (χ4n) is 2.63. The molecule has 0 atom stereocenters. The maximum Gasteiger partial charge on any atom is 0.120 e. The zero-order chi connectivity index (χ0) is 13.9. The fourth-order valence-corrected chi connectivity index (χ4v) is 2.63. The summed E-state index contributed by atoms with van der Waals surface area (Å²) in [5.41, 5.74) is 1.18. The minimum atomic E-state index is 0.300. The van der Waals surface area contributed by atoms with Crippen LogP contribution in [0.5, 0.6) is 11.5 Å². The molecule has 0 spiro atoms. The van der Waals surface area contributed by atoms with Crippen LogP contribution in [0.2, 0.25) is 0 Å². The van der Waals surface area contributed by atoms with Gasteiger partial charge in [0, 0.05) is 24.2 Å². The smallest absolute Gasteiger partial charge is 0.120 e. The van der Waals surface area contributed by atoms with Crippen LogP contribution in [0.1, 0.15) is 24.8 Å². The summed E-state index contributed by atoms with van der Waals surface area (Å²) in [6, 6.07) is 5.33. The third-order valence-electron chi connectivity index (χ3n) is 4.29. The van der Waals surface area contributed by atoms with Gasteiger partial charge in [0.1, 0.15) is 11.5 Å². The third kappa shape index (κ3) is 3.01. The Morgan fingerprint density at radius 3 is 2.63 bits per heavy atom. The van der Waals surface area contributed by atoms with Crippen molar-refractivity contribution in [3.8, 4) is 11.5 Å². The minimum Gasteiger partial charge on any atom is -0.508 e. The number of ether oxygens (including phenoxy) is 1. The molecular formula is C15H24N2O2. The predicted octanol–water partition coefficient (Wildman–Crippen LogP) is 1.97. The van der Waals surface area contributed by atoms with E-state index in [1.54, 1.807) is 19.2 Å². The molecule has 19 heavy (non-hydrogen) atoms. The van der Waals surface area contributed by atoms with Crippen LogP contribution in [-0.2, 0) is 6.54 Å². The molecule has 0 aromatic heterocycles. The lowest BCUT2D eigenvalue weighted by Crippen LogP contribution is -2.56. The Balaban J connectivity index is 1.92. The van der Waals surface area contributed by atoms with E-state index in [0.717, 1.165) is 17.9 Å². The lowest BCUT2D eigenvalue weighted by molar-refractivity contribution is 0.0597. The number of hydrogen-bond acceptors (Lipinski definition) is 4. The van der Waals surface area contributed by atoms with Crippen LogP contribution < -0.4 is 10.1 Å². The number of aromatic hydroxyl groups is 1. The first kappa shape index (κ1) is 14.2. The highest BCUT2D eigenvalue weighted by molar-refractivity contribution is 5.39. The van der Waals surface area contributed by atoms with Gasteiger partial charge in [0.05, 0.1) is 7.11 Å². The number of phenolic OH excluding ortho intramolecular Hbond substituents is 1. The van der Waals surface area contributed by atoms with Crippen LogP contribution in [0, 0.1) is 0 Å². The van der Waals surface area contributed by atoms with E-state index in [2.05, 4.69) is 24.3 Å². The second-order valence-corrected chi connectivity index (χ2v) is 5.57. The molecule has 1 aromatic carbocycles. The largest absolute Gasteiger partial charge is 0.508 e. The van der Waals surface area contributed by atoms with Crippen molar-refractivity contribution in [3.63, 3.8) is 0 Å². The van der Waals surface area contributed by atoms with Crippen LogP contribution in [0.4, 0.5) is 0 Å². The van der Waals surface area contributed by atoms with Gasteiger partial charge in [0.2, 0.25) is 0 Å². The SMILES string of the molecule is COc1ccc(O)c(CNCC2(N(C)C)CCC2)c1. The summed E-state index contributed by atoms with van der Waals surface area (Å²) in [6.07, 6.45) is 3.80.